The minimum absolute atomic E-state index is 0.0356. The number of nitrogens with zero attached hydrogens (tertiary/aromatic N) is 2. The normalized spacial score (nSPS) is 11.7. The molecule has 0 saturated heterocycles. The van der Waals surface area contributed by atoms with Gasteiger partial charge in [-0.25, -0.2) is 0 Å². The van der Waals surface area contributed by atoms with Gasteiger partial charge in [0.25, 0.3) is 0 Å². The molecule has 22 radical (unpaired) electrons. The standard InChI is InChI=1S/C48H21B11N2/c49-36-31(24-17-20-30-28(21-24)27-13-7-8-14-29(27)60(30)26-18-15-23(16-19-26)22-9-3-1-4-10-22)37(50)45(58)48-35(36)33-32(34-39(52)41(54)44(57)42(55)40(34)53)38(51)43(56)46(59)47(33)61(48)25-11-5-2-6-12-25/h1-21H. The van der Waals surface area contributed by atoms with Gasteiger partial charge in [-0.2, -0.15) is 0 Å². The minimum atomic E-state index is 0.0356. The molecule has 0 N–H and O–H groups in total. The Hall–Kier alpha value is -5.93. The molecule has 2 aromatic heterocycles. The molecule has 10 rings (SSSR count). The summed E-state index contributed by atoms with van der Waals surface area (Å²) in [5, 5.41) is 2.98. The number of aromatic nitrogens is 2. The van der Waals surface area contributed by atoms with Gasteiger partial charge in [0.2, 0.25) is 0 Å². The zero-order chi connectivity index (χ0) is 42.6. The fourth-order valence-corrected chi connectivity index (χ4v) is 9.03. The van der Waals surface area contributed by atoms with Gasteiger partial charge in [0, 0.05) is 44.0 Å². The molecule has 8 aromatic carbocycles. The van der Waals surface area contributed by atoms with Crippen molar-refractivity contribution in [3.8, 4) is 44.8 Å². The summed E-state index contributed by atoms with van der Waals surface area (Å²) in [4.78, 5) is 0. The van der Waals surface area contributed by atoms with E-state index in [1.54, 1.807) is 0 Å². The smallest absolute Gasteiger partial charge is 0.115 e. The predicted molar refractivity (Wildman–Crippen MR) is 271 cm³/mol. The molecule has 0 bridgehead atoms. The molecular formula is C48H21B11N2. The molecule has 2 heterocycles. The second-order valence-corrected chi connectivity index (χ2v) is 15.3. The molecule has 0 aliphatic carbocycles. The monoisotopic (exact) mass is 746 g/mol. The third-order valence-electron chi connectivity index (χ3n) is 12.0. The Kier molecular flexibility index (Phi) is 9.40. The molecule has 0 spiro atoms. The molecule has 13 heteroatoms. The lowest BCUT2D eigenvalue weighted by Crippen LogP contribution is -2.56. The van der Waals surface area contributed by atoms with Crippen LogP contribution in [-0.4, -0.2) is 95.4 Å². The SMILES string of the molecule is [B]c1c([B])c([B])c(-c2c([B])c([B])c([B])c3c2c2c([B])c(-c4ccc5c(c4)c4ccccc4n5-c4ccc(-c5ccccc5)cc4)c([B])c([B])c2n3-c2ccccc2)c([B])c1[B]. The van der Waals surface area contributed by atoms with Crippen LogP contribution in [0.2, 0.25) is 0 Å². The first-order valence-electron chi connectivity index (χ1n) is 19.5. The second-order valence-electron chi connectivity index (χ2n) is 15.3. The van der Waals surface area contributed by atoms with Gasteiger partial charge in [-0.05, 0) is 75.8 Å². The van der Waals surface area contributed by atoms with E-state index < -0.39 is 0 Å². The maximum atomic E-state index is 7.44. The van der Waals surface area contributed by atoms with Gasteiger partial charge >= 0.3 is 0 Å². The second kappa shape index (κ2) is 14.6. The average molecular weight is 745 g/mol. The van der Waals surface area contributed by atoms with Crippen LogP contribution < -0.4 is 60.1 Å². The van der Waals surface area contributed by atoms with Crippen LogP contribution in [-0.2, 0) is 0 Å². The summed E-state index contributed by atoms with van der Waals surface area (Å²) in [6.07, 6.45) is 0. The number of para-hydroxylation sites is 2. The molecule has 0 aliphatic heterocycles. The lowest BCUT2D eigenvalue weighted by Gasteiger charge is -2.26. The Morgan fingerprint density at radius 2 is 0.738 bits per heavy atom. The van der Waals surface area contributed by atoms with Gasteiger partial charge < -0.3 is 9.13 Å². The highest BCUT2D eigenvalue weighted by Gasteiger charge is 2.28. The number of fused-ring (bicyclic) bond motifs is 6. The molecule has 256 valence electrons. The van der Waals surface area contributed by atoms with E-state index in [4.69, 9.17) is 86.3 Å². The zero-order valence-corrected chi connectivity index (χ0v) is 32.9. The lowest BCUT2D eigenvalue weighted by molar-refractivity contribution is 1.18. The van der Waals surface area contributed by atoms with Crippen molar-refractivity contribution in [3.05, 3.63) is 127 Å². The first-order valence-corrected chi connectivity index (χ1v) is 19.5. The Balaban J connectivity index is 1.30. The summed E-state index contributed by atoms with van der Waals surface area (Å²) in [5.74, 6) is 0. The van der Waals surface area contributed by atoms with Crippen molar-refractivity contribution >= 4 is 190 Å². The summed E-state index contributed by atoms with van der Waals surface area (Å²) >= 11 is 0. The maximum absolute atomic E-state index is 7.44. The van der Waals surface area contributed by atoms with Gasteiger partial charge in [-0.15, -0.1) is 21.9 Å². The van der Waals surface area contributed by atoms with Crippen LogP contribution in [0.3, 0.4) is 0 Å². The Morgan fingerprint density at radius 3 is 1.41 bits per heavy atom. The van der Waals surface area contributed by atoms with E-state index in [1.165, 1.54) is 0 Å². The summed E-state index contributed by atoms with van der Waals surface area (Å²) in [5.41, 5.74) is 10.1. The van der Waals surface area contributed by atoms with Gasteiger partial charge in [0.1, 0.15) is 86.3 Å². The fourth-order valence-electron chi connectivity index (χ4n) is 9.03. The summed E-state index contributed by atoms with van der Waals surface area (Å²) < 4.78 is 4.13. The van der Waals surface area contributed by atoms with E-state index in [-0.39, 0.29) is 60.2 Å². The van der Waals surface area contributed by atoms with Crippen LogP contribution in [0.15, 0.2) is 127 Å². The van der Waals surface area contributed by atoms with Crippen LogP contribution in [0, 0.1) is 0 Å². The third kappa shape index (κ3) is 5.72. The molecule has 0 saturated carbocycles. The largest absolute Gasteiger partial charge is 0.310 e. The van der Waals surface area contributed by atoms with Crippen molar-refractivity contribution in [1.82, 2.24) is 9.13 Å². The van der Waals surface area contributed by atoms with E-state index >= 15 is 0 Å². The molecule has 61 heavy (non-hydrogen) atoms. The number of hydrogen-bond donors (Lipinski definition) is 0. The van der Waals surface area contributed by atoms with E-state index in [9.17, 15) is 0 Å². The first kappa shape index (κ1) is 39.2. The molecule has 0 unspecified atom stereocenters. The third-order valence-corrected chi connectivity index (χ3v) is 12.0. The topological polar surface area (TPSA) is 9.86 Å². The predicted octanol–water partition coefficient (Wildman–Crippen LogP) is -0.386. The van der Waals surface area contributed by atoms with E-state index in [0.717, 1.165) is 44.2 Å². The van der Waals surface area contributed by atoms with Crippen LogP contribution in [0.5, 0.6) is 0 Å². The summed E-state index contributed by atoms with van der Waals surface area (Å²) in [7, 11) is 75.0. The Morgan fingerprint density at radius 1 is 0.279 bits per heavy atom. The molecule has 0 amide bonds. The van der Waals surface area contributed by atoms with Crippen molar-refractivity contribution in [1.29, 1.82) is 0 Å². The van der Waals surface area contributed by atoms with Crippen molar-refractivity contribution in [2.24, 2.45) is 0 Å². The Labute approximate surface area is 369 Å². The summed E-state index contributed by atoms with van der Waals surface area (Å²) in [6.45, 7) is 0. The number of rotatable bonds is 5. The molecule has 0 atom stereocenters. The highest BCUT2D eigenvalue weighted by atomic mass is 15.0. The zero-order valence-electron chi connectivity index (χ0n) is 32.9. The molecule has 10 aromatic rings. The van der Waals surface area contributed by atoms with Crippen LogP contribution in [0.4, 0.5) is 0 Å². The van der Waals surface area contributed by atoms with Crippen LogP contribution in [0.25, 0.3) is 88.4 Å². The van der Waals surface area contributed by atoms with Gasteiger partial charge in [-0.3, -0.25) is 0 Å². The van der Waals surface area contributed by atoms with Crippen molar-refractivity contribution in [3.63, 3.8) is 0 Å². The van der Waals surface area contributed by atoms with Gasteiger partial charge in [0.15, 0.2) is 0 Å². The fraction of sp³-hybridized carbons (Fsp3) is 0. The lowest BCUT2D eigenvalue weighted by atomic mass is 9.57. The average Bonchev–Trinajstić information content (AvgIpc) is 3.82. The summed E-state index contributed by atoms with van der Waals surface area (Å²) in [6, 6.07) is 42.8. The molecule has 0 aliphatic rings. The minimum Gasteiger partial charge on any atom is -0.310 e. The number of benzene rings is 8. The van der Waals surface area contributed by atoms with Crippen LogP contribution in [0.1, 0.15) is 0 Å². The molecular weight excluding hydrogens is 723 g/mol. The van der Waals surface area contributed by atoms with Crippen molar-refractivity contribution < 1.29 is 0 Å². The van der Waals surface area contributed by atoms with E-state index in [0.29, 0.717) is 44.1 Å². The van der Waals surface area contributed by atoms with Crippen molar-refractivity contribution in [2.45, 2.75) is 0 Å². The maximum Gasteiger partial charge on any atom is 0.115 e. The molecule has 2 nitrogen and oxygen atoms in total. The van der Waals surface area contributed by atoms with Gasteiger partial charge in [0.05, 0.1) is 11.0 Å². The Bertz CT molecular complexity index is 3440. The highest BCUT2D eigenvalue weighted by molar-refractivity contribution is 6.71. The first-order chi connectivity index (χ1) is 29.4. The van der Waals surface area contributed by atoms with Crippen molar-refractivity contribution in [2.75, 3.05) is 0 Å². The van der Waals surface area contributed by atoms with Gasteiger partial charge in [-0.1, -0.05) is 123 Å². The number of hydrogen-bond acceptors (Lipinski definition) is 0. The van der Waals surface area contributed by atoms with Crippen LogP contribution >= 0.6 is 0 Å². The highest BCUT2D eigenvalue weighted by Crippen LogP contribution is 2.38. The van der Waals surface area contributed by atoms with E-state index in [1.807, 2.05) is 71.3 Å². The van der Waals surface area contributed by atoms with E-state index in [2.05, 4.69) is 65.2 Å². The molecule has 0 fully saturated rings. The quantitative estimate of drug-likeness (QED) is 0.213.